The van der Waals surface area contributed by atoms with Crippen molar-refractivity contribution in [3.05, 3.63) is 82.9 Å². The zero-order chi connectivity index (χ0) is 33.9. The highest BCUT2D eigenvalue weighted by Crippen LogP contribution is 2.25. The van der Waals surface area contributed by atoms with Crippen molar-refractivity contribution in [1.82, 2.24) is 24.8 Å². The number of hydrogen-bond acceptors (Lipinski definition) is 10. The largest absolute Gasteiger partial charge is 0.478 e. The van der Waals surface area contributed by atoms with E-state index in [1.54, 1.807) is 7.11 Å². The second-order valence-electron chi connectivity index (χ2n) is 10.7. The third-order valence-corrected chi connectivity index (χ3v) is 8.16. The van der Waals surface area contributed by atoms with Gasteiger partial charge in [0.2, 0.25) is 0 Å². The van der Waals surface area contributed by atoms with Crippen molar-refractivity contribution in [1.29, 1.82) is 0 Å². The molecule has 5 rings (SSSR count). The third-order valence-electron chi connectivity index (χ3n) is 7.62. The molecular formula is C34H42N8O3S2. The van der Waals surface area contributed by atoms with Crippen LogP contribution in [-0.4, -0.2) is 75.5 Å². The van der Waals surface area contributed by atoms with E-state index in [0.29, 0.717) is 34.3 Å². The molecule has 1 saturated heterocycles. The van der Waals surface area contributed by atoms with Gasteiger partial charge in [-0.15, -0.1) is 0 Å². The zero-order valence-electron chi connectivity index (χ0n) is 28.0. The molecule has 0 unspecified atom stereocenters. The molecule has 0 aliphatic carbocycles. The maximum absolute atomic E-state index is 5.62. The van der Waals surface area contributed by atoms with Gasteiger partial charge in [-0.3, -0.25) is 5.32 Å². The Kier molecular flexibility index (Phi) is 12.6. The van der Waals surface area contributed by atoms with Crippen molar-refractivity contribution < 1.29 is 14.2 Å². The Morgan fingerprint density at radius 3 is 1.77 bits per heavy atom. The van der Waals surface area contributed by atoms with Crippen LogP contribution in [0.1, 0.15) is 35.3 Å². The van der Waals surface area contributed by atoms with E-state index in [1.165, 1.54) is 18.4 Å². The zero-order valence-corrected chi connectivity index (χ0v) is 29.6. The third kappa shape index (κ3) is 9.46. The molecule has 0 spiro atoms. The highest BCUT2D eigenvalue weighted by molar-refractivity contribution is 7.80. The molecule has 2 N–H and O–H groups in total. The molecule has 2 aromatic carbocycles. The average molecular weight is 675 g/mol. The molecule has 11 nitrogen and oxygen atoms in total. The van der Waals surface area contributed by atoms with Gasteiger partial charge in [0.05, 0.1) is 37.0 Å². The average Bonchev–Trinajstić information content (AvgIpc) is 3.08. The number of nitrogens with zero attached hydrogens (tertiary/aromatic N) is 6. The lowest BCUT2D eigenvalue weighted by atomic mass is 10.1. The van der Waals surface area contributed by atoms with Crippen molar-refractivity contribution in [2.75, 3.05) is 55.9 Å². The molecule has 4 aromatic rings. The maximum Gasteiger partial charge on any atom is 0.268 e. The molecule has 0 atom stereocenters. The van der Waals surface area contributed by atoms with Gasteiger partial charge in [0.1, 0.15) is 5.75 Å². The molecule has 47 heavy (non-hydrogen) atoms. The molecule has 1 fully saturated rings. The van der Waals surface area contributed by atoms with Gasteiger partial charge in [-0.2, -0.15) is 0 Å². The number of nitrogens with one attached hydrogen (secondary N) is 2. The summed E-state index contributed by atoms with van der Waals surface area (Å²) in [5.41, 5.74) is 6.05. The van der Waals surface area contributed by atoms with E-state index in [2.05, 4.69) is 71.6 Å². The molecule has 0 saturated carbocycles. The van der Waals surface area contributed by atoms with Crippen LogP contribution in [0.3, 0.4) is 0 Å². The first-order valence-electron chi connectivity index (χ1n) is 15.3. The lowest BCUT2D eigenvalue weighted by molar-refractivity contribution is 0.387. The van der Waals surface area contributed by atoms with Crippen LogP contribution in [0.25, 0.3) is 0 Å². The molecule has 0 bridgehead atoms. The van der Waals surface area contributed by atoms with Crippen LogP contribution in [0.2, 0.25) is 0 Å². The van der Waals surface area contributed by atoms with Crippen LogP contribution in [0.15, 0.2) is 54.6 Å². The number of thiocarbonyl (C=S) groups is 2. The Morgan fingerprint density at radius 1 is 0.702 bits per heavy atom. The van der Waals surface area contributed by atoms with Crippen LogP contribution in [0.5, 0.6) is 17.5 Å². The van der Waals surface area contributed by atoms with E-state index in [1.807, 2.05) is 58.0 Å². The lowest BCUT2D eigenvalue weighted by Gasteiger charge is -2.38. The van der Waals surface area contributed by atoms with Gasteiger partial charge in [-0.1, -0.05) is 43.3 Å². The Hall–Kier alpha value is -4.62. The van der Waals surface area contributed by atoms with Gasteiger partial charge < -0.3 is 29.3 Å². The Labute approximate surface area is 287 Å². The summed E-state index contributed by atoms with van der Waals surface area (Å²) < 4.78 is 16.0. The van der Waals surface area contributed by atoms with E-state index in [4.69, 9.17) is 38.6 Å². The summed E-state index contributed by atoms with van der Waals surface area (Å²) in [5, 5.41) is 6.95. The van der Waals surface area contributed by atoms with Crippen molar-refractivity contribution in [2.24, 2.45) is 0 Å². The summed E-state index contributed by atoms with van der Waals surface area (Å²) in [4.78, 5) is 22.2. The number of piperazine rings is 1. The van der Waals surface area contributed by atoms with Gasteiger partial charge in [-0.25, -0.2) is 19.9 Å². The van der Waals surface area contributed by atoms with Crippen molar-refractivity contribution in [3.8, 4) is 17.5 Å². The fourth-order valence-electron chi connectivity index (χ4n) is 4.78. The Morgan fingerprint density at radius 2 is 1.21 bits per heavy atom. The van der Waals surface area contributed by atoms with Gasteiger partial charge in [-0.05, 0) is 82.3 Å². The van der Waals surface area contributed by atoms with E-state index >= 15 is 0 Å². The van der Waals surface area contributed by atoms with Crippen LogP contribution < -0.4 is 29.7 Å². The number of ether oxygens (including phenoxy) is 3. The molecule has 248 valence electrons. The molecule has 0 radical (unpaired) electrons. The van der Waals surface area contributed by atoms with E-state index in [9.17, 15) is 0 Å². The number of benzene rings is 2. The van der Waals surface area contributed by atoms with E-state index in [0.717, 1.165) is 55.4 Å². The predicted octanol–water partition coefficient (Wildman–Crippen LogP) is 6.06. The van der Waals surface area contributed by atoms with Crippen LogP contribution in [0, 0.1) is 27.7 Å². The van der Waals surface area contributed by atoms with Crippen LogP contribution in [0.4, 0.5) is 17.3 Å². The lowest BCUT2D eigenvalue weighted by Crippen LogP contribution is -2.50. The van der Waals surface area contributed by atoms with E-state index < -0.39 is 0 Å². The van der Waals surface area contributed by atoms with Crippen molar-refractivity contribution in [2.45, 2.75) is 41.0 Å². The molecule has 1 aliphatic rings. The van der Waals surface area contributed by atoms with Gasteiger partial charge in [0.25, 0.3) is 16.9 Å². The fourth-order valence-corrected chi connectivity index (χ4v) is 5.25. The van der Waals surface area contributed by atoms with Gasteiger partial charge >= 0.3 is 0 Å². The summed E-state index contributed by atoms with van der Waals surface area (Å²) in [7, 11) is 3.13. The molecular weight excluding hydrogens is 633 g/mol. The first-order chi connectivity index (χ1) is 22.6. The Balaban J connectivity index is 0.000000223. The molecule has 13 heteroatoms. The second kappa shape index (κ2) is 16.8. The molecule has 1 aliphatic heterocycles. The first kappa shape index (κ1) is 35.2. The highest BCUT2D eigenvalue weighted by atomic mass is 32.1. The maximum atomic E-state index is 5.62. The smallest absolute Gasteiger partial charge is 0.268 e. The quantitative estimate of drug-likeness (QED) is 0.222. The van der Waals surface area contributed by atoms with Gasteiger partial charge in [0.15, 0.2) is 16.7 Å². The number of hydrogen-bond donors (Lipinski definition) is 2. The first-order valence-corrected chi connectivity index (χ1v) is 16.2. The normalized spacial score (nSPS) is 12.4. The summed E-state index contributed by atoms with van der Waals surface area (Å²) in [6, 6.07) is 17.9. The molecule has 2 aromatic heterocycles. The minimum absolute atomic E-state index is 0.187. The van der Waals surface area contributed by atoms with Crippen molar-refractivity contribution in [3.63, 3.8) is 0 Å². The standard InChI is InChI=1S/C20H27N5OS.C14H15N3O2S/c1-5-16-8-6-7-9-17(16)24-10-12-25(13-11-24)20(27)23-18-19(26-4)22-15(3)14(2)21-18;1-9-10(2)16-13(18-3)12(15-9)17-14(20)19-11-7-5-4-6-8-11/h6-9H,5,10-13H2,1-4H3,(H,21,23,27);4-8H,1-3H3,(H,15,17,20). The number of aryl methyl sites for hydroxylation is 5. The molecule has 0 amide bonds. The number of rotatable bonds is 7. The number of methoxy groups -OCH3 is 2. The second-order valence-corrected chi connectivity index (χ2v) is 11.5. The fraction of sp³-hybridized carbons (Fsp3) is 0.353. The SMILES string of the molecule is CCc1ccccc1N1CCN(C(=S)Nc2nc(C)c(C)nc2OC)CC1.COc1nc(C)c(C)nc1NC(=S)Oc1ccccc1. The number of anilines is 3. The van der Waals surface area contributed by atoms with Crippen molar-refractivity contribution >= 4 is 52.0 Å². The Bertz CT molecular complexity index is 1680. The minimum Gasteiger partial charge on any atom is -0.478 e. The topological polar surface area (TPSA) is 110 Å². The van der Waals surface area contributed by atoms with Crippen LogP contribution in [-0.2, 0) is 6.42 Å². The summed E-state index contributed by atoms with van der Waals surface area (Å²) in [5.74, 6) is 2.52. The molecule has 3 heterocycles. The highest BCUT2D eigenvalue weighted by Gasteiger charge is 2.22. The van der Waals surface area contributed by atoms with Crippen LogP contribution >= 0.6 is 24.4 Å². The number of aromatic nitrogens is 4. The summed E-state index contributed by atoms with van der Waals surface area (Å²) in [6.07, 6.45) is 1.04. The monoisotopic (exact) mass is 674 g/mol. The number of para-hydroxylation sites is 2. The predicted molar refractivity (Wildman–Crippen MR) is 195 cm³/mol. The minimum atomic E-state index is 0.187. The summed E-state index contributed by atoms with van der Waals surface area (Å²) in [6.45, 7) is 13.4. The summed E-state index contributed by atoms with van der Waals surface area (Å²) >= 11 is 10.8. The van der Waals surface area contributed by atoms with E-state index in [-0.39, 0.29) is 5.17 Å². The van der Waals surface area contributed by atoms with Gasteiger partial charge in [0, 0.05) is 31.9 Å².